The van der Waals surface area contributed by atoms with Crippen molar-refractivity contribution in [1.29, 1.82) is 0 Å². The summed E-state index contributed by atoms with van der Waals surface area (Å²) in [6, 6.07) is -0.233. The average molecular weight is 224 g/mol. The van der Waals surface area contributed by atoms with Crippen molar-refractivity contribution in [3.63, 3.8) is 0 Å². The Morgan fingerprint density at radius 2 is 1.81 bits per heavy atom. The van der Waals surface area contributed by atoms with Gasteiger partial charge in [-0.15, -0.1) is 0 Å². The summed E-state index contributed by atoms with van der Waals surface area (Å²) in [5.74, 6) is 0.312. The number of rotatable bonds is 3. The fourth-order valence-corrected chi connectivity index (χ4v) is 2.87. The number of carbonyl (C=O) groups excluding carboxylic acids is 2. The molecule has 1 atom stereocenters. The van der Waals surface area contributed by atoms with Crippen LogP contribution in [0.5, 0.6) is 0 Å². The highest BCUT2D eigenvalue weighted by molar-refractivity contribution is 6.01. The maximum Gasteiger partial charge on any atom is 0.249 e. The molecule has 1 saturated carbocycles. The highest BCUT2D eigenvalue weighted by Crippen LogP contribution is 2.46. The molecule has 2 amide bonds. The maximum absolute atomic E-state index is 12.4. The van der Waals surface area contributed by atoms with Gasteiger partial charge in [-0.2, -0.15) is 0 Å². The second kappa shape index (κ2) is 3.75. The Morgan fingerprint density at radius 3 is 2.19 bits per heavy atom. The van der Waals surface area contributed by atoms with Crippen molar-refractivity contribution in [2.75, 3.05) is 13.1 Å². The van der Waals surface area contributed by atoms with Crippen LogP contribution in [-0.2, 0) is 9.59 Å². The molecule has 1 heterocycles. The number of amides is 2. The van der Waals surface area contributed by atoms with E-state index in [0.717, 1.165) is 12.8 Å². The molecule has 4 heteroatoms. The van der Waals surface area contributed by atoms with Crippen LogP contribution in [0, 0.1) is 0 Å². The quantitative estimate of drug-likeness (QED) is 0.718. The van der Waals surface area contributed by atoms with E-state index in [4.69, 9.17) is 0 Å². The van der Waals surface area contributed by atoms with E-state index in [2.05, 4.69) is 0 Å². The molecule has 4 nitrogen and oxygen atoms in total. The van der Waals surface area contributed by atoms with Gasteiger partial charge < -0.3 is 9.80 Å². The summed E-state index contributed by atoms with van der Waals surface area (Å²) in [5.41, 5.74) is -0.451. The maximum atomic E-state index is 12.4. The average Bonchev–Trinajstić information content (AvgIpc) is 3.05. The van der Waals surface area contributed by atoms with Gasteiger partial charge in [-0.1, -0.05) is 6.92 Å². The summed E-state index contributed by atoms with van der Waals surface area (Å²) < 4.78 is 0. The summed E-state index contributed by atoms with van der Waals surface area (Å²) in [4.78, 5) is 28.2. The molecule has 2 rings (SSSR count). The third-order valence-corrected chi connectivity index (χ3v) is 3.87. The van der Waals surface area contributed by atoms with Gasteiger partial charge in [0.2, 0.25) is 11.8 Å². The molecule has 90 valence electrons. The lowest BCUT2D eigenvalue weighted by Gasteiger charge is -2.44. The Hall–Kier alpha value is -1.06. The highest BCUT2D eigenvalue weighted by atomic mass is 16.2. The first-order chi connectivity index (χ1) is 7.62. The van der Waals surface area contributed by atoms with E-state index in [1.54, 1.807) is 9.80 Å². The topological polar surface area (TPSA) is 40.6 Å². The summed E-state index contributed by atoms with van der Waals surface area (Å²) in [5, 5.41) is 0. The van der Waals surface area contributed by atoms with Crippen molar-refractivity contribution in [3.05, 3.63) is 0 Å². The van der Waals surface area contributed by atoms with Crippen molar-refractivity contribution in [2.45, 2.75) is 51.6 Å². The van der Waals surface area contributed by atoms with Crippen LogP contribution in [0.25, 0.3) is 0 Å². The first-order valence-electron chi connectivity index (χ1n) is 6.25. The van der Waals surface area contributed by atoms with Crippen molar-refractivity contribution in [1.82, 2.24) is 9.80 Å². The van der Waals surface area contributed by atoms with Gasteiger partial charge in [-0.25, -0.2) is 0 Å². The summed E-state index contributed by atoms with van der Waals surface area (Å²) >= 11 is 0. The molecule has 0 unspecified atom stereocenters. The molecule has 0 aromatic heterocycles. The Labute approximate surface area is 96.6 Å². The molecule has 16 heavy (non-hydrogen) atoms. The number of carbonyl (C=O) groups is 2. The molecule has 2 fully saturated rings. The van der Waals surface area contributed by atoms with E-state index in [0.29, 0.717) is 19.5 Å². The van der Waals surface area contributed by atoms with Gasteiger partial charge in [-0.3, -0.25) is 9.59 Å². The van der Waals surface area contributed by atoms with Crippen molar-refractivity contribution < 1.29 is 9.59 Å². The number of piperazine rings is 1. The van der Waals surface area contributed by atoms with Crippen molar-refractivity contribution in [3.8, 4) is 0 Å². The fraction of sp³-hybridized carbons (Fsp3) is 0.833. The predicted molar refractivity (Wildman–Crippen MR) is 60.8 cm³/mol. The molecule has 1 aliphatic heterocycles. The second-order valence-corrected chi connectivity index (χ2v) is 4.63. The lowest BCUT2D eigenvalue weighted by atomic mass is 10.0. The third-order valence-electron chi connectivity index (χ3n) is 3.87. The minimum atomic E-state index is -0.451. The zero-order valence-electron chi connectivity index (χ0n) is 10.3. The highest BCUT2D eigenvalue weighted by Gasteiger charge is 2.62. The van der Waals surface area contributed by atoms with Gasteiger partial charge in [0.05, 0.1) is 0 Å². The monoisotopic (exact) mass is 224 g/mol. The van der Waals surface area contributed by atoms with Gasteiger partial charge in [0.15, 0.2) is 0 Å². The molecule has 0 N–H and O–H groups in total. The molecule has 1 spiro atoms. The van der Waals surface area contributed by atoms with Crippen LogP contribution in [0.2, 0.25) is 0 Å². The Balaban J connectivity index is 2.34. The Kier molecular flexibility index (Phi) is 2.68. The van der Waals surface area contributed by atoms with Crippen LogP contribution >= 0.6 is 0 Å². The van der Waals surface area contributed by atoms with Gasteiger partial charge in [0, 0.05) is 13.1 Å². The molecule has 0 bridgehead atoms. The normalized spacial score (nSPS) is 27.8. The first kappa shape index (κ1) is 11.4. The first-order valence-corrected chi connectivity index (χ1v) is 6.25. The molecule has 2 aliphatic rings. The molecule has 0 aromatic carbocycles. The van der Waals surface area contributed by atoms with Crippen molar-refractivity contribution >= 4 is 11.8 Å². The van der Waals surface area contributed by atoms with E-state index >= 15 is 0 Å². The SMILES string of the molecule is CC[C@H]1C(=O)N(CC)C2(CC2)C(=O)N1CC. The predicted octanol–water partition coefficient (Wildman–Crippen LogP) is 1.01. The summed E-state index contributed by atoms with van der Waals surface area (Å²) in [6.07, 6.45) is 2.40. The smallest absolute Gasteiger partial charge is 0.249 e. The molecule has 0 aromatic rings. The number of likely N-dealkylation sites (N-methyl/N-ethyl adjacent to an activating group) is 2. The Morgan fingerprint density at radius 1 is 1.19 bits per heavy atom. The molecule has 0 radical (unpaired) electrons. The lowest BCUT2D eigenvalue weighted by Crippen LogP contribution is -2.65. The molecule has 1 aliphatic carbocycles. The van der Waals surface area contributed by atoms with Crippen LogP contribution in [0.4, 0.5) is 0 Å². The molecular formula is C12H20N2O2. The number of hydrogen-bond acceptors (Lipinski definition) is 2. The second-order valence-electron chi connectivity index (χ2n) is 4.63. The van der Waals surface area contributed by atoms with Crippen LogP contribution in [-0.4, -0.2) is 46.3 Å². The fourth-order valence-electron chi connectivity index (χ4n) is 2.87. The summed E-state index contributed by atoms with van der Waals surface area (Å²) in [6.45, 7) is 7.17. The lowest BCUT2D eigenvalue weighted by molar-refractivity contribution is -0.163. The van der Waals surface area contributed by atoms with Gasteiger partial charge in [0.25, 0.3) is 0 Å². The van der Waals surface area contributed by atoms with E-state index in [9.17, 15) is 9.59 Å². The van der Waals surface area contributed by atoms with Crippen LogP contribution < -0.4 is 0 Å². The van der Waals surface area contributed by atoms with E-state index < -0.39 is 5.54 Å². The zero-order chi connectivity index (χ0) is 11.9. The van der Waals surface area contributed by atoms with E-state index in [-0.39, 0.29) is 17.9 Å². The zero-order valence-corrected chi connectivity index (χ0v) is 10.3. The third kappa shape index (κ3) is 1.28. The van der Waals surface area contributed by atoms with Crippen molar-refractivity contribution in [2.24, 2.45) is 0 Å². The summed E-state index contributed by atoms with van der Waals surface area (Å²) in [7, 11) is 0. The van der Waals surface area contributed by atoms with Gasteiger partial charge in [-0.05, 0) is 33.1 Å². The minimum absolute atomic E-state index is 0.143. The molecular weight excluding hydrogens is 204 g/mol. The largest absolute Gasteiger partial charge is 0.329 e. The molecule has 1 saturated heterocycles. The number of nitrogens with zero attached hydrogens (tertiary/aromatic N) is 2. The van der Waals surface area contributed by atoms with Gasteiger partial charge in [0.1, 0.15) is 11.6 Å². The van der Waals surface area contributed by atoms with Crippen LogP contribution in [0.3, 0.4) is 0 Å². The van der Waals surface area contributed by atoms with Crippen LogP contribution in [0.15, 0.2) is 0 Å². The Bertz CT molecular complexity index is 323. The van der Waals surface area contributed by atoms with E-state index in [1.165, 1.54) is 0 Å². The standard InChI is InChI=1S/C12H20N2O2/c1-4-9-10(15)14(6-3)12(7-8-12)11(16)13(9)5-2/h9H,4-8H2,1-3H3/t9-/m0/s1. The van der Waals surface area contributed by atoms with Crippen LogP contribution in [0.1, 0.15) is 40.0 Å². The minimum Gasteiger partial charge on any atom is -0.329 e. The number of hydrogen-bond donors (Lipinski definition) is 0. The van der Waals surface area contributed by atoms with Gasteiger partial charge >= 0.3 is 0 Å². The van der Waals surface area contributed by atoms with E-state index in [1.807, 2.05) is 20.8 Å².